The standard InChI is InChI=1S/C17H19N3O3.ClH/c1-11(13-8-18-9-13)16(21)19-14-3-2-4-15(7-14)20-17(22)12-5-6-23-10-12;/h2-7,10-11,13,18H,8-9H2,1H3,(H,19,21)(H,20,22);1H. The number of hydrogen-bond donors (Lipinski definition) is 3. The van der Waals surface area contributed by atoms with Crippen molar-refractivity contribution in [1.29, 1.82) is 0 Å². The van der Waals surface area contributed by atoms with Crippen molar-refractivity contribution in [3.05, 3.63) is 48.4 Å². The predicted molar refractivity (Wildman–Crippen MR) is 94.5 cm³/mol. The number of hydrogen-bond acceptors (Lipinski definition) is 4. The van der Waals surface area contributed by atoms with Gasteiger partial charge in [0, 0.05) is 17.3 Å². The summed E-state index contributed by atoms with van der Waals surface area (Å²) in [5, 5.41) is 8.84. The Bertz CT molecular complexity index is 699. The SMILES string of the molecule is CC(C(=O)Nc1cccc(NC(=O)c2ccoc2)c1)C1CNC1.Cl. The number of furan rings is 1. The predicted octanol–water partition coefficient (Wildman–Crippen LogP) is 2.75. The summed E-state index contributed by atoms with van der Waals surface area (Å²) in [7, 11) is 0. The second-order valence-corrected chi connectivity index (χ2v) is 5.74. The molecule has 1 fully saturated rings. The van der Waals surface area contributed by atoms with Crippen molar-refractivity contribution in [2.75, 3.05) is 23.7 Å². The van der Waals surface area contributed by atoms with Gasteiger partial charge in [0.1, 0.15) is 6.26 Å². The quantitative estimate of drug-likeness (QED) is 0.775. The minimum absolute atomic E-state index is 0. The zero-order chi connectivity index (χ0) is 16.2. The van der Waals surface area contributed by atoms with Crippen LogP contribution >= 0.6 is 12.4 Å². The normalized spacial score (nSPS) is 14.9. The van der Waals surface area contributed by atoms with E-state index in [0.29, 0.717) is 22.9 Å². The molecule has 0 spiro atoms. The van der Waals surface area contributed by atoms with Crippen LogP contribution < -0.4 is 16.0 Å². The molecule has 1 aliphatic rings. The van der Waals surface area contributed by atoms with Crippen LogP contribution in [0.3, 0.4) is 0 Å². The maximum Gasteiger partial charge on any atom is 0.258 e. The molecule has 1 aliphatic heterocycles. The zero-order valence-electron chi connectivity index (χ0n) is 13.2. The second kappa shape index (κ2) is 7.99. The molecule has 0 bridgehead atoms. The van der Waals surface area contributed by atoms with E-state index in [-0.39, 0.29) is 30.1 Å². The van der Waals surface area contributed by atoms with Gasteiger partial charge in [0.2, 0.25) is 5.91 Å². The molecule has 1 atom stereocenters. The third-order valence-corrected chi connectivity index (χ3v) is 4.11. The lowest BCUT2D eigenvalue weighted by Crippen LogP contribution is -2.48. The van der Waals surface area contributed by atoms with E-state index in [1.807, 2.05) is 6.92 Å². The van der Waals surface area contributed by atoms with Crippen LogP contribution in [0.25, 0.3) is 0 Å². The highest BCUT2D eigenvalue weighted by Crippen LogP contribution is 2.20. The molecule has 2 heterocycles. The topological polar surface area (TPSA) is 83.4 Å². The number of carbonyl (C=O) groups excluding carboxylic acids is 2. The molecule has 0 aliphatic carbocycles. The molecule has 6 nitrogen and oxygen atoms in total. The fraction of sp³-hybridized carbons (Fsp3) is 0.294. The Morgan fingerprint density at radius 2 is 1.92 bits per heavy atom. The summed E-state index contributed by atoms with van der Waals surface area (Å²) in [6, 6.07) is 8.69. The third kappa shape index (κ3) is 4.15. The van der Waals surface area contributed by atoms with Gasteiger partial charge in [-0.05, 0) is 43.3 Å². The molecule has 0 saturated carbocycles. The summed E-state index contributed by atoms with van der Waals surface area (Å²) >= 11 is 0. The Hall–Kier alpha value is -2.31. The maximum atomic E-state index is 12.2. The second-order valence-electron chi connectivity index (χ2n) is 5.74. The Kier molecular flexibility index (Phi) is 6.00. The molecular weight excluding hydrogens is 330 g/mol. The number of amides is 2. The summed E-state index contributed by atoms with van der Waals surface area (Å²) in [6.45, 7) is 3.70. The fourth-order valence-corrected chi connectivity index (χ4v) is 2.41. The van der Waals surface area contributed by atoms with Crippen LogP contribution in [0.1, 0.15) is 17.3 Å². The monoisotopic (exact) mass is 349 g/mol. The highest BCUT2D eigenvalue weighted by Gasteiger charge is 2.28. The summed E-state index contributed by atoms with van der Waals surface area (Å²) < 4.78 is 4.89. The van der Waals surface area contributed by atoms with Gasteiger partial charge in [0.15, 0.2) is 0 Å². The lowest BCUT2D eigenvalue weighted by Gasteiger charge is -2.31. The van der Waals surface area contributed by atoms with Crippen molar-refractivity contribution in [1.82, 2.24) is 5.32 Å². The molecule has 2 amide bonds. The number of anilines is 2. The maximum absolute atomic E-state index is 12.2. The number of rotatable bonds is 5. The van der Waals surface area contributed by atoms with E-state index >= 15 is 0 Å². The highest BCUT2D eigenvalue weighted by atomic mass is 35.5. The van der Waals surface area contributed by atoms with Crippen LogP contribution in [0.5, 0.6) is 0 Å². The molecule has 3 N–H and O–H groups in total. The molecule has 1 aromatic heterocycles. The summed E-state index contributed by atoms with van der Waals surface area (Å²) in [5.74, 6) is 0.0883. The highest BCUT2D eigenvalue weighted by molar-refractivity contribution is 6.04. The zero-order valence-corrected chi connectivity index (χ0v) is 14.1. The fourth-order valence-electron chi connectivity index (χ4n) is 2.41. The first kappa shape index (κ1) is 18.0. The lowest BCUT2D eigenvalue weighted by molar-refractivity contribution is -0.121. The average molecular weight is 350 g/mol. The van der Waals surface area contributed by atoms with Gasteiger partial charge in [0.05, 0.1) is 11.8 Å². The van der Waals surface area contributed by atoms with Crippen LogP contribution in [0, 0.1) is 11.8 Å². The number of halogens is 1. The molecule has 128 valence electrons. The van der Waals surface area contributed by atoms with Crippen LogP contribution in [-0.2, 0) is 4.79 Å². The molecule has 24 heavy (non-hydrogen) atoms. The van der Waals surface area contributed by atoms with E-state index in [1.54, 1.807) is 30.3 Å². The Balaban J connectivity index is 0.00000208. The smallest absolute Gasteiger partial charge is 0.258 e. The van der Waals surface area contributed by atoms with E-state index < -0.39 is 0 Å². The van der Waals surface area contributed by atoms with Crippen LogP contribution in [0.4, 0.5) is 11.4 Å². The first-order chi connectivity index (χ1) is 11.1. The van der Waals surface area contributed by atoms with Crippen molar-refractivity contribution in [3.63, 3.8) is 0 Å². The van der Waals surface area contributed by atoms with Crippen molar-refractivity contribution >= 4 is 35.6 Å². The minimum atomic E-state index is -0.254. The summed E-state index contributed by atoms with van der Waals surface area (Å²) in [6.07, 6.45) is 2.83. The van der Waals surface area contributed by atoms with E-state index in [1.165, 1.54) is 12.5 Å². The summed E-state index contributed by atoms with van der Waals surface area (Å²) in [5.41, 5.74) is 1.73. The van der Waals surface area contributed by atoms with Crippen molar-refractivity contribution in [2.24, 2.45) is 11.8 Å². The van der Waals surface area contributed by atoms with Gasteiger partial charge in [-0.3, -0.25) is 9.59 Å². The Labute approximate surface area is 146 Å². The largest absolute Gasteiger partial charge is 0.472 e. The van der Waals surface area contributed by atoms with Gasteiger partial charge < -0.3 is 20.4 Å². The minimum Gasteiger partial charge on any atom is -0.472 e. The van der Waals surface area contributed by atoms with Gasteiger partial charge >= 0.3 is 0 Å². The lowest BCUT2D eigenvalue weighted by atomic mass is 9.88. The molecule has 2 aromatic rings. The average Bonchev–Trinajstić information content (AvgIpc) is 3.00. The van der Waals surface area contributed by atoms with Gasteiger partial charge in [0.25, 0.3) is 5.91 Å². The molecule has 1 aromatic carbocycles. The molecule has 1 unspecified atom stereocenters. The van der Waals surface area contributed by atoms with E-state index in [0.717, 1.165) is 13.1 Å². The molecular formula is C17H20ClN3O3. The van der Waals surface area contributed by atoms with Crippen LogP contribution in [0.2, 0.25) is 0 Å². The van der Waals surface area contributed by atoms with Gasteiger partial charge in [-0.1, -0.05) is 13.0 Å². The summed E-state index contributed by atoms with van der Waals surface area (Å²) in [4.78, 5) is 24.2. The first-order valence-electron chi connectivity index (χ1n) is 7.58. The van der Waals surface area contributed by atoms with Gasteiger partial charge in [-0.25, -0.2) is 0 Å². The number of nitrogens with one attached hydrogen (secondary N) is 3. The number of carbonyl (C=O) groups is 2. The molecule has 0 radical (unpaired) electrons. The van der Waals surface area contributed by atoms with Gasteiger partial charge in [-0.2, -0.15) is 0 Å². The molecule has 1 saturated heterocycles. The first-order valence-corrected chi connectivity index (χ1v) is 7.58. The molecule has 7 heteroatoms. The number of benzene rings is 1. The Morgan fingerprint density at radius 1 is 1.21 bits per heavy atom. The molecule has 3 rings (SSSR count). The van der Waals surface area contributed by atoms with Crippen molar-refractivity contribution in [3.8, 4) is 0 Å². The van der Waals surface area contributed by atoms with Gasteiger partial charge in [-0.15, -0.1) is 12.4 Å². The van der Waals surface area contributed by atoms with E-state index in [9.17, 15) is 9.59 Å². The van der Waals surface area contributed by atoms with Crippen molar-refractivity contribution < 1.29 is 14.0 Å². The Morgan fingerprint density at radius 3 is 2.50 bits per heavy atom. The van der Waals surface area contributed by atoms with Crippen LogP contribution in [-0.4, -0.2) is 24.9 Å². The third-order valence-electron chi connectivity index (χ3n) is 4.11. The van der Waals surface area contributed by atoms with Crippen molar-refractivity contribution in [2.45, 2.75) is 6.92 Å². The van der Waals surface area contributed by atoms with E-state index in [2.05, 4.69) is 16.0 Å². The van der Waals surface area contributed by atoms with E-state index in [4.69, 9.17) is 4.42 Å². The van der Waals surface area contributed by atoms with Crippen LogP contribution in [0.15, 0.2) is 47.3 Å².